The van der Waals surface area contributed by atoms with Gasteiger partial charge in [-0.25, -0.2) is 4.79 Å². The number of nitrogens with two attached hydrogens (primary N) is 1. The van der Waals surface area contributed by atoms with E-state index in [1.807, 2.05) is 0 Å². The van der Waals surface area contributed by atoms with Gasteiger partial charge in [-0.05, 0) is 24.1 Å². The summed E-state index contributed by atoms with van der Waals surface area (Å²) in [6.07, 6.45) is -4.04. The average molecular weight is 368 g/mol. The Bertz CT molecular complexity index is 593. The van der Waals surface area contributed by atoms with Crippen molar-refractivity contribution in [2.75, 3.05) is 13.1 Å². The van der Waals surface area contributed by atoms with E-state index < -0.39 is 12.1 Å². The summed E-state index contributed by atoms with van der Waals surface area (Å²) in [5, 5.41) is 7.12. The molecule has 26 heavy (non-hydrogen) atoms. The Morgan fingerprint density at radius 3 is 1.62 bits per heavy atom. The van der Waals surface area contributed by atoms with Gasteiger partial charge in [0.1, 0.15) is 0 Å². The first kappa shape index (κ1) is 21.7. The average Bonchev–Trinajstić information content (AvgIpc) is 2.61. The second-order valence-corrected chi connectivity index (χ2v) is 5.63. The first-order valence-electron chi connectivity index (χ1n) is 8.13. The van der Waals surface area contributed by atoms with Crippen LogP contribution in [0.25, 0.3) is 0 Å². The van der Waals surface area contributed by atoms with Crippen molar-refractivity contribution in [1.82, 2.24) is 4.90 Å². The standard InChI is InChI=1S/C17H22N2.C2HF3O2/c18-12-7-13-19(14-16-8-3-1-4-9-16)15-17-10-5-2-6-11-17;3-2(4,5)1(6)7/h1-6,8-11H,7,12-15,18H2;(H,6,7). The highest BCUT2D eigenvalue weighted by Gasteiger charge is 2.38. The second-order valence-electron chi connectivity index (χ2n) is 5.63. The van der Waals surface area contributed by atoms with Crippen molar-refractivity contribution in [1.29, 1.82) is 0 Å². The Hall–Kier alpha value is -2.38. The lowest BCUT2D eigenvalue weighted by atomic mass is 10.1. The third-order valence-corrected chi connectivity index (χ3v) is 3.42. The number of carbonyl (C=O) groups is 1. The molecule has 2 aromatic carbocycles. The van der Waals surface area contributed by atoms with E-state index >= 15 is 0 Å². The van der Waals surface area contributed by atoms with E-state index in [2.05, 4.69) is 65.6 Å². The van der Waals surface area contributed by atoms with Gasteiger partial charge < -0.3 is 10.8 Å². The summed E-state index contributed by atoms with van der Waals surface area (Å²) in [6, 6.07) is 21.2. The van der Waals surface area contributed by atoms with Crippen LogP contribution in [0.2, 0.25) is 0 Å². The molecule has 3 N–H and O–H groups in total. The molecule has 0 unspecified atom stereocenters. The van der Waals surface area contributed by atoms with Crippen molar-refractivity contribution in [3.63, 3.8) is 0 Å². The number of hydrogen-bond donors (Lipinski definition) is 2. The van der Waals surface area contributed by atoms with Crippen LogP contribution in [-0.4, -0.2) is 35.2 Å². The maximum absolute atomic E-state index is 10.6. The van der Waals surface area contributed by atoms with Crippen molar-refractivity contribution in [2.45, 2.75) is 25.7 Å². The molecule has 4 nitrogen and oxygen atoms in total. The minimum absolute atomic E-state index is 0.750. The summed E-state index contributed by atoms with van der Waals surface area (Å²) in [7, 11) is 0. The van der Waals surface area contributed by atoms with Gasteiger partial charge >= 0.3 is 12.1 Å². The number of benzene rings is 2. The molecule has 0 saturated heterocycles. The number of halogens is 3. The molecule has 0 radical (unpaired) electrons. The molecular weight excluding hydrogens is 345 g/mol. The maximum Gasteiger partial charge on any atom is 0.490 e. The van der Waals surface area contributed by atoms with E-state index in [1.54, 1.807) is 0 Å². The number of nitrogens with zero attached hydrogens (tertiary/aromatic N) is 1. The van der Waals surface area contributed by atoms with E-state index in [1.165, 1.54) is 11.1 Å². The SMILES string of the molecule is NCCCN(Cc1ccccc1)Cc1ccccc1.O=C(O)C(F)(F)F. The molecule has 2 aromatic rings. The zero-order chi connectivity index (χ0) is 19.4. The summed E-state index contributed by atoms with van der Waals surface area (Å²) in [5.74, 6) is -2.76. The predicted molar refractivity (Wildman–Crippen MR) is 94.4 cm³/mol. The maximum atomic E-state index is 10.6. The van der Waals surface area contributed by atoms with Crippen molar-refractivity contribution in [2.24, 2.45) is 5.73 Å². The van der Waals surface area contributed by atoms with Crippen LogP contribution in [0, 0.1) is 0 Å². The first-order valence-corrected chi connectivity index (χ1v) is 8.13. The number of hydrogen-bond acceptors (Lipinski definition) is 3. The molecular formula is C19H23F3N2O2. The molecule has 0 aliphatic carbocycles. The van der Waals surface area contributed by atoms with Gasteiger partial charge in [-0.15, -0.1) is 0 Å². The van der Waals surface area contributed by atoms with Gasteiger partial charge in [-0.3, -0.25) is 4.90 Å². The Balaban J connectivity index is 0.000000412. The van der Waals surface area contributed by atoms with Crippen LogP contribution in [0.15, 0.2) is 60.7 Å². The van der Waals surface area contributed by atoms with Crippen molar-refractivity contribution in [3.05, 3.63) is 71.8 Å². The van der Waals surface area contributed by atoms with Crippen LogP contribution in [0.3, 0.4) is 0 Å². The van der Waals surface area contributed by atoms with Gasteiger partial charge in [-0.2, -0.15) is 13.2 Å². The third-order valence-electron chi connectivity index (χ3n) is 3.42. The number of alkyl halides is 3. The first-order chi connectivity index (χ1) is 12.3. The Labute approximate surface area is 151 Å². The smallest absolute Gasteiger partial charge is 0.475 e. The highest BCUT2D eigenvalue weighted by atomic mass is 19.4. The van der Waals surface area contributed by atoms with Crippen LogP contribution >= 0.6 is 0 Å². The number of rotatable bonds is 7. The zero-order valence-electron chi connectivity index (χ0n) is 14.3. The molecule has 0 aliphatic rings. The summed E-state index contributed by atoms with van der Waals surface area (Å²) < 4.78 is 31.7. The summed E-state index contributed by atoms with van der Waals surface area (Å²) >= 11 is 0. The summed E-state index contributed by atoms with van der Waals surface area (Å²) in [4.78, 5) is 11.4. The fraction of sp³-hybridized carbons (Fsp3) is 0.316. The van der Waals surface area contributed by atoms with E-state index in [0.717, 1.165) is 32.6 Å². The molecule has 0 amide bonds. The van der Waals surface area contributed by atoms with Gasteiger partial charge in [-0.1, -0.05) is 60.7 Å². The molecule has 142 valence electrons. The second kappa shape index (κ2) is 11.3. The van der Waals surface area contributed by atoms with Gasteiger partial charge in [0.2, 0.25) is 0 Å². The molecule has 7 heteroatoms. The predicted octanol–water partition coefficient (Wildman–Crippen LogP) is 3.67. The highest BCUT2D eigenvalue weighted by Crippen LogP contribution is 2.13. The molecule has 2 rings (SSSR count). The summed E-state index contributed by atoms with van der Waals surface area (Å²) in [6.45, 7) is 3.76. The number of carboxylic acids is 1. The third kappa shape index (κ3) is 9.19. The fourth-order valence-electron chi connectivity index (χ4n) is 2.21. The highest BCUT2D eigenvalue weighted by molar-refractivity contribution is 5.73. The van der Waals surface area contributed by atoms with Gasteiger partial charge in [0, 0.05) is 19.6 Å². The Kier molecular flexibility index (Phi) is 9.40. The number of aliphatic carboxylic acids is 1. The fourth-order valence-corrected chi connectivity index (χ4v) is 2.21. The van der Waals surface area contributed by atoms with Crippen LogP contribution < -0.4 is 5.73 Å². The molecule has 0 heterocycles. The van der Waals surface area contributed by atoms with E-state index in [0.29, 0.717) is 0 Å². The van der Waals surface area contributed by atoms with Crippen molar-refractivity contribution >= 4 is 5.97 Å². The van der Waals surface area contributed by atoms with Crippen LogP contribution in [0.5, 0.6) is 0 Å². The van der Waals surface area contributed by atoms with Crippen LogP contribution in [0.1, 0.15) is 17.5 Å². The lowest BCUT2D eigenvalue weighted by Gasteiger charge is -2.22. The lowest BCUT2D eigenvalue weighted by Crippen LogP contribution is -2.25. The Morgan fingerprint density at radius 1 is 0.923 bits per heavy atom. The Morgan fingerprint density at radius 2 is 1.31 bits per heavy atom. The van der Waals surface area contributed by atoms with E-state index in [4.69, 9.17) is 15.6 Å². The largest absolute Gasteiger partial charge is 0.490 e. The van der Waals surface area contributed by atoms with E-state index in [9.17, 15) is 13.2 Å². The van der Waals surface area contributed by atoms with Crippen LogP contribution in [0.4, 0.5) is 13.2 Å². The summed E-state index contributed by atoms with van der Waals surface area (Å²) in [5.41, 5.74) is 8.35. The van der Waals surface area contributed by atoms with Crippen LogP contribution in [-0.2, 0) is 17.9 Å². The number of carboxylic acid groups (broad SMARTS) is 1. The minimum Gasteiger partial charge on any atom is -0.475 e. The molecule has 0 bridgehead atoms. The molecule has 0 spiro atoms. The molecule has 0 atom stereocenters. The van der Waals surface area contributed by atoms with Crippen molar-refractivity contribution < 1.29 is 23.1 Å². The van der Waals surface area contributed by atoms with Gasteiger partial charge in [0.25, 0.3) is 0 Å². The lowest BCUT2D eigenvalue weighted by molar-refractivity contribution is -0.192. The molecule has 0 saturated carbocycles. The minimum atomic E-state index is -5.08. The van der Waals surface area contributed by atoms with Crippen molar-refractivity contribution in [3.8, 4) is 0 Å². The zero-order valence-corrected chi connectivity index (χ0v) is 14.3. The normalized spacial score (nSPS) is 11.0. The van der Waals surface area contributed by atoms with Gasteiger partial charge in [0.05, 0.1) is 0 Å². The quantitative estimate of drug-likeness (QED) is 0.783. The van der Waals surface area contributed by atoms with Gasteiger partial charge in [0.15, 0.2) is 0 Å². The molecule has 0 aromatic heterocycles. The topological polar surface area (TPSA) is 66.6 Å². The monoisotopic (exact) mass is 368 g/mol. The molecule has 0 aliphatic heterocycles. The van der Waals surface area contributed by atoms with E-state index in [-0.39, 0.29) is 0 Å². The molecule has 0 fully saturated rings.